The van der Waals surface area contributed by atoms with Gasteiger partial charge in [-0.1, -0.05) is 0 Å². The summed E-state index contributed by atoms with van der Waals surface area (Å²) >= 11 is 0. The van der Waals surface area contributed by atoms with Gasteiger partial charge >= 0.3 is 0 Å². The van der Waals surface area contributed by atoms with Crippen LogP contribution < -0.4 is 10.6 Å². The first kappa shape index (κ1) is 21.0. The molecule has 0 saturated carbocycles. The van der Waals surface area contributed by atoms with Crippen molar-refractivity contribution in [3.05, 3.63) is 60.8 Å². The average molecular weight is 443 g/mol. The summed E-state index contributed by atoms with van der Waals surface area (Å²) in [5.74, 6) is 0.276. The van der Waals surface area contributed by atoms with Gasteiger partial charge in [-0.25, -0.2) is 9.97 Å². The molecule has 168 valence electrons. The highest BCUT2D eigenvalue weighted by molar-refractivity contribution is 5.93. The van der Waals surface area contributed by atoms with E-state index in [9.17, 15) is 4.79 Å². The number of hydrogen-bond donors (Lipinski definition) is 1. The topological polar surface area (TPSA) is 106 Å². The van der Waals surface area contributed by atoms with E-state index >= 15 is 0 Å². The predicted octanol–water partition coefficient (Wildman–Crippen LogP) is 2.76. The number of pyridine rings is 3. The Bertz CT molecular complexity index is 1310. The summed E-state index contributed by atoms with van der Waals surface area (Å²) in [5.41, 5.74) is 9.37. The molecule has 0 atom stereocenters. The lowest BCUT2D eigenvalue weighted by Crippen LogP contribution is -2.42. The zero-order valence-electron chi connectivity index (χ0n) is 18.7. The number of amides is 1. The molecule has 4 aromatic heterocycles. The van der Waals surface area contributed by atoms with Crippen molar-refractivity contribution in [3.63, 3.8) is 0 Å². The number of nitrogens with two attached hydrogens (primary N) is 1. The molecule has 0 spiro atoms. The minimum absolute atomic E-state index is 0.220. The van der Waals surface area contributed by atoms with Crippen LogP contribution in [0.4, 0.5) is 11.5 Å². The van der Waals surface area contributed by atoms with Crippen LogP contribution in [0.25, 0.3) is 22.2 Å². The highest BCUT2D eigenvalue weighted by Crippen LogP contribution is 2.32. The number of hydrogen-bond acceptors (Lipinski definition) is 7. The summed E-state index contributed by atoms with van der Waals surface area (Å²) in [7, 11) is 4.02. The maximum atomic E-state index is 11.8. The molecule has 0 radical (unpaired) electrons. The fourth-order valence-electron chi connectivity index (χ4n) is 4.33. The van der Waals surface area contributed by atoms with Crippen molar-refractivity contribution in [1.82, 2.24) is 29.6 Å². The zero-order chi connectivity index (χ0) is 22.9. The van der Waals surface area contributed by atoms with Gasteiger partial charge in [0, 0.05) is 48.7 Å². The lowest BCUT2D eigenvalue weighted by molar-refractivity contribution is 0.1000. The number of rotatable bonds is 5. The smallest absolute Gasteiger partial charge is 0.250 e. The Balaban J connectivity index is 1.59. The summed E-state index contributed by atoms with van der Waals surface area (Å²) in [6.45, 7) is 1.97. The van der Waals surface area contributed by atoms with Crippen LogP contribution >= 0.6 is 0 Å². The minimum atomic E-state index is -0.498. The van der Waals surface area contributed by atoms with Crippen molar-refractivity contribution in [3.8, 4) is 11.3 Å². The number of primary amides is 1. The molecular weight excluding hydrogens is 416 g/mol. The van der Waals surface area contributed by atoms with E-state index in [1.54, 1.807) is 16.9 Å². The van der Waals surface area contributed by atoms with Crippen molar-refractivity contribution >= 4 is 28.3 Å². The van der Waals surface area contributed by atoms with Crippen LogP contribution in [0.2, 0.25) is 0 Å². The third kappa shape index (κ3) is 4.27. The number of piperidine rings is 1. The third-order valence-corrected chi connectivity index (χ3v) is 6.15. The second kappa shape index (κ2) is 8.59. The van der Waals surface area contributed by atoms with Crippen LogP contribution in [0.5, 0.6) is 0 Å². The molecule has 1 fully saturated rings. The van der Waals surface area contributed by atoms with Gasteiger partial charge in [0.1, 0.15) is 5.82 Å². The first-order valence-corrected chi connectivity index (χ1v) is 11.0. The predicted molar refractivity (Wildman–Crippen MR) is 127 cm³/mol. The minimum Gasteiger partial charge on any atom is -0.366 e. The van der Waals surface area contributed by atoms with E-state index in [1.165, 1.54) is 6.20 Å². The molecule has 0 aromatic carbocycles. The number of anilines is 2. The lowest BCUT2D eigenvalue weighted by atomic mass is 10.0. The number of likely N-dealkylation sites (tertiary alicyclic amines) is 1. The summed E-state index contributed by atoms with van der Waals surface area (Å²) in [5, 5.41) is 5.21. The molecule has 33 heavy (non-hydrogen) atoms. The van der Waals surface area contributed by atoms with Crippen LogP contribution in [0.1, 0.15) is 23.2 Å². The fourth-order valence-corrected chi connectivity index (χ4v) is 4.33. The molecule has 9 heteroatoms. The highest BCUT2D eigenvalue weighted by atomic mass is 16.1. The molecule has 0 bridgehead atoms. The van der Waals surface area contributed by atoms with E-state index in [-0.39, 0.29) is 6.04 Å². The van der Waals surface area contributed by atoms with Crippen LogP contribution in [0.3, 0.4) is 0 Å². The molecule has 2 N–H and O–H groups in total. The van der Waals surface area contributed by atoms with Crippen molar-refractivity contribution in [1.29, 1.82) is 0 Å². The van der Waals surface area contributed by atoms with Crippen molar-refractivity contribution in [2.45, 2.75) is 18.9 Å². The highest BCUT2D eigenvalue weighted by Gasteiger charge is 2.26. The molecule has 5 rings (SSSR count). The van der Waals surface area contributed by atoms with E-state index in [2.05, 4.69) is 26.9 Å². The number of fused-ring (bicyclic) bond motifs is 1. The van der Waals surface area contributed by atoms with Gasteiger partial charge in [0.2, 0.25) is 5.91 Å². The number of carbonyl (C=O) groups excluding carboxylic acids is 1. The Morgan fingerprint density at radius 2 is 1.91 bits per heavy atom. The van der Waals surface area contributed by atoms with Gasteiger partial charge in [-0.15, -0.1) is 0 Å². The van der Waals surface area contributed by atoms with Crippen LogP contribution in [0.15, 0.2) is 55.2 Å². The number of nitrogens with zero attached hydrogens (tertiary/aromatic N) is 7. The summed E-state index contributed by atoms with van der Waals surface area (Å²) in [6, 6.07) is 8.02. The molecule has 0 unspecified atom stereocenters. The number of aryl methyl sites for hydroxylation is 1. The van der Waals surface area contributed by atoms with Gasteiger partial charge in [0.05, 0.1) is 34.9 Å². The summed E-state index contributed by atoms with van der Waals surface area (Å²) < 4.78 is 1.76. The quantitative estimate of drug-likeness (QED) is 0.506. The van der Waals surface area contributed by atoms with Gasteiger partial charge in [0.15, 0.2) is 0 Å². The van der Waals surface area contributed by atoms with E-state index in [1.807, 2.05) is 43.8 Å². The first-order valence-electron chi connectivity index (χ1n) is 11.0. The molecule has 1 amide bonds. The molecule has 9 nitrogen and oxygen atoms in total. The summed E-state index contributed by atoms with van der Waals surface area (Å²) in [4.78, 5) is 30.2. The van der Waals surface area contributed by atoms with Gasteiger partial charge in [0.25, 0.3) is 0 Å². The van der Waals surface area contributed by atoms with Crippen LogP contribution in [0, 0.1) is 0 Å². The largest absolute Gasteiger partial charge is 0.366 e. The van der Waals surface area contributed by atoms with Gasteiger partial charge in [-0.05, 0) is 51.2 Å². The third-order valence-electron chi connectivity index (χ3n) is 6.15. The molecule has 1 aliphatic rings. The summed E-state index contributed by atoms with van der Waals surface area (Å²) in [6.07, 6.45) is 10.8. The zero-order valence-corrected chi connectivity index (χ0v) is 18.7. The maximum Gasteiger partial charge on any atom is 0.250 e. The Labute approximate surface area is 191 Å². The molecule has 1 aliphatic heterocycles. The molecule has 4 aromatic rings. The SMILES string of the molecule is CN1CCC(N(c2cncc(C(N)=O)c2)c2cc3nc(-c4cnn(C)c4)ccc3cn2)CC1. The Kier molecular flexibility index (Phi) is 5.47. The number of aromatic nitrogens is 5. The van der Waals surface area contributed by atoms with E-state index in [0.29, 0.717) is 5.56 Å². The first-order chi connectivity index (χ1) is 16.0. The number of carbonyl (C=O) groups is 1. The monoisotopic (exact) mass is 442 g/mol. The molecule has 5 heterocycles. The standard InChI is InChI=1S/C24H26N8O/c1-30-7-5-19(6-8-30)32(20-9-17(24(25)33)11-26-14-20)23-10-22-16(12-27-23)3-4-21(29-22)18-13-28-31(2)15-18/h3-4,9-15,19H,5-8H2,1-2H3,(H2,25,33). The maximum absolute atomic E-state index is 11.8. The fraction of sp³-hybridized carbons (Fsp3) is 0.292. The van der Waals surface area contributed by atoms with Crippen LogP contribution in [-0.4, -0.2) is 61.7 Å². The van der Waals surface area contributed by atoms with Crippen molar-refractivity contribution in [2.75, 3.05) is 25.0 Å². The average Bonchev–Trinajstić information content (AvgIpc) is 3.26. The van der Waals surface area contributed by atoms with E-state index < -0.39 is 5.91 Å². The Hall–Kier alpha value is -3.85. The van der Waals surface area contributed by atoms with Crippen molar-refractivity contribution in [2.24, 2.45) is 12.8 Å². The molecule has 0 aliphatic carbocycles. The normalized spacial score (nSPS) is 15.1. The van der Waals surface area contributed by atoms with E-state index in [4.69, 9.17) is 15.7 Å². The molecular formula is C24H26N8O. The lowest BCUT2D eigenvalue weighted by Gasteiger charge is -2.38. The van der Waals surface area contributed by atoms with E-state index in [0.717, 1.165) is 59.6 Å². The van der Waals surface area contributed by atoms with Gasteiger partial charge < -0.3 is 15.5 Å². The second-order valence-corrected chi connectivity index (χ2v) is 8.53. The Morgan fingerprint density at radius 1 is 1.09 bits per heavy atom. The second-order valence-electron chi connectivity index (χ2n) is 8.53. The van der Waals surface area contributed by atoms with Gasteiger partial charge in [-0.3, -0.25) is 14.5 Å². The van der Waals surface area contributed by atoms with Gasteiger partial charge in [-0.2, -0.15) is 5.10 Å². The Morgan fingerprint density at radius 3 is 2.64 bits per heavy atom. The molecule has 1 saturated heterocycles. The van der Waals surface area contributed by atoms with Crippen molar-refractivity contribution < 1.29 is 4.79 Å². The van der Waals surface area contributed by atoms with Crippen LogP contribution in [-0.2, 0) is 7.05 Å².